The highest BCUT2D eigenvalue weighted by atomic mass is 19.1. The van der Waals surface area contributed by atoms with Crippen LogP contribution in [0.1, 0.15) is 10.4 Å². The number of nitrogens with zero attached hydrogens (tertiary/aromatic N) is 2. The van der Waals surface area contributed by atoms with Gasteiger partial charge in [0.1, 0.15) is 17.0 Å². The van der Waals surface area contributed by atoms with Crippen molar-refractivity contribution in [2.24, 2.45) is 0 Å². The van der Waals surface area contributed by atoms with E-state index in [1.165, 1.54) is 41.2 Å². The molecule has 0 aliphatic carbocycles. The molecule has 0 amide bonds. The quantitative estimate of drug-likeness (QED) is 0.710. The number of hydrogen-bond acceptors (Lipinski definition) is 3. The highest BCUT2D eigenvalue weighted by Gasteiger charge is 2.16. The highest BCUT2D eigenvalue weighted by molar-refractivity contribution is 5.94. The van der Waals surface area contributed by atoms with E-state index in [1.807, 2.05) is 0 Å². The van der Waals surface area contributed by atoms with Gasteiger partial charge in [-0.2, -0.15) is 5.10 Å². The van der Waals surface area contributed by atoms with Gasteiger partial charge in [-0.15, -0.1) is 0 Å². The molecule has 5 nitrogen and oxygen atoms in total. The van der Waals surface area contributed by atoms with E-state index in [-0.39, 0.29) is 16.9 Å². The van der Waals surface area contributed by atoms with Gasteiger partial charge in [-0.1, -0.05) is 0 Å². The maximum Gasteiger partial charge on any atom is 0.274 e. The Kier molecular flexibility index (Phi) is 2.49. The van der Waals surface area contributed by atoms with Crippen LogP contribution in [-0.2, 0) is 0 Å². The molecule has 94 valence electrons. The van der Waals surface area contributed by atoms with Gasteiger partial charge in [-0.25, -0.2) is 8.91 Å². The number of carbonyl (C=O) groups excluding carboxylic acids is 1. The highest BCUT2D eigenvalue weighted by Crippen LogP contribution is 2.23. The number of carbonyl (C=O) groups is 1. The molecule has 0 saturated carbocycles. The molecule has 0 spiro atoms. The lowest BCUT2D eigenvalue weighted by molar-refractivity contribution is 0.112. The van der Waals surface area contributed by atoms with Crippen LogP contribution >= 0.6 is 0 Å². The fourth-order valence-corrected chi connectivity index (χ4v) is 1.97. The van der Waals surface area contributed by atoms with Crippen molar-refractivity contribution in [3.63, 3.8) is 0 Å². The molecule has 0 saturated heterocycles. The van der Waals surface area contributed by atoms with Gasteiger partial charge < -0.3 is 4.98 Å². The summed E-state index contributed by atoms with van der Waals surface area (Å²) in [5.41, 5.74) is 0.897. The summed E-state index contributed by atoms with van der Waals surface area (Å²) < 4.78 is 14.2. The largest absolute Gasteiger partial charge is 0.326 e. The summed E-state index contributed by atoms with van der Waals surface area (Å²) in [6.45, 7) is 0. The molecule has 0 unspecified atom stereocenters. The molecule has 0 bridgehead atoms. The van der Waals surface area contributed by atoms with Crippen molar-refractivity contribution in [2.75, 3.05) is 0 Å². The lowest BCUT2D eigenvalue weighted by Crippen LogP contribution is -2.09. The smallest absolute Gasteiger partial charge is 0.274 e. The minimum Gasteiger partial charge on any atom is -0.326 e. The third-order valence-corrected chi connectivity index (χ3v) is 2.83. The summed E-state index contributed by atoms with van der Waals surface area (Å²) in [7, 11) is 0. The van der Waals surface area contributed by atoms with Crippen molar-refractivity contribution in [3.05, 3.63) is 58.4 Å². The number of aldehydes is 1. The first-order valence-corrected chi connectivity index (χ1v) is 5.52. The van der Waals surface area contributed by atoms with E-state index in [1.54, 1.807) is 0 Å². The van der Waals surface area contributed by atoms with Crippen LogP contribution < -0.4 is 5.56 Å². The zero-order valence-corrected chi connectivity index (χ0v) is 9.63. The van der Waals surface area contributed by atoms with Gasteiger partial charge in [0.25, 0.3) is 5.56 Å². The number of hydrogen-bond donors (Lipinski definition) is 1. The summed E-state index contributed by atoms with van der Waals surface area (Å²) in [4.78, 5) is 25.4. The third kappa shape index (κ3) is 1.74. The number of nitrogens with one attached hydrogen (secondary N) is 1. The van der Waals surface area contributed by atoms with Crippen LogP contribution in [0.5, 0.6) is 0 Å². The maximum absolute atomic E-state index is 12.9. The van der Waals surface area contributed by atoms with Crippen molar-refractivity contribution in [2.45, 2.75) is 0 Å². The van der Waals surface area contributed by atoms with Crippen LogP contribution in [0.2, 0.25) is 0 Å². The monoisotopic (exact) mass is 257 g/mol. The molecule has 0 aliphatic rings. The van der Waals surface area contributed by atoms with E-state index in [4.69, 9.17) is 0 Å². The maximum atomic E-state index is 12.9. The lowest BCUT2D eigenvalue weighted by Gasteiger charge is -1.96. The summed E-state index contributed by atoms with van der Waals surface area (Å²) >= 11 is 0. The molecular formula is C13H8FN3O2. The fraction of sp³-hybridized carbons (Fsp3) is 0. The van der Waals surface area contributed by atoms with Crippen molar-refractivity contribution in [1.82, 2.24) is 14.6 Å². The predicted molar refractivity (Wildman–Crippen MR) is 66.6 cm³/mol. The number of benzene rings is 1. The van der Waals surface area contributed by atoms with Crippen LogP contribution in [0.25, 0.3) is 16.8 Å². The minimum absolute atomic E-state index is 0.178. The van der Waals surface area contributed by atoms with Crippen LogP contribution in [0.3, 0.4) is 0 Å². The van der Waals surface area contributed by atoms with Gasteiger partial charge in [-0.05, 0) is 24.3 Å². The van der Waals surface area contributed by atoms with Gasteiger partial charge in [0.15, 0.2) is 6.29 Å². The van der Waals surface area contributed by atoms with Gasteiger partial charge in [0, 0.05) is 18.0 Å². The van der Waals surface area contributed by atoms with Crippen LogP contribution in [-0.4, -0.2) is 20.9 Å². The second-order valence-electron chi connectivity index (χ2n) is 3.97. The van der Waals surface area contributed by atoms with E-state index in [0.717, 1.165) is 0 Å². The first-order chi connectivity index (χ1) is 9.20. The predicted octanol–water partition coefficient (Wildman–Crippen LogP) is 1.64. The van der Waals surface area contributed by atoms with Crippen molar-refractivity contribution < 1.29 is 9.18 Å². The molecule has 1 N–H and O–H groups in total. The van der Waals surface area contributed by atoms with Gasteiger partial charge in [-0.3, -0.25) is 9.59 Å². The Morgan fingerprint density at radius 1 is 1.26 bits per heavy atom. The molecule has 1 aromatic carbocycles. The van der Waals surface area contributed by atoms with E-state index < -0.39 is 5.56 Å². The minimum atomic E-state index is -0.398. The Labute approximate surface area is 106 Å². The molecule has 3 rings (SSSR count). The van der Waals surface area contributed by atoms with Gasteiger partial charge >= 0.3 is 0 Å². The van der Waals surface area contributed by atoms with Crippen molar-refractivity contribution in [3.8, 4) is 11.3 Å². The lowest BCUT2D eigenvalue weighted by atomic mass is 10.1. The molecule has 2 heterocycles. The number of fused-ring (bicyclic) bond motifs is 1. The summed E-state index contributed by atoms with van der Waals surface area (Å²) in [5.74, 6) is -0.377. The second kappa shape index (κ2) is 4.16. The average molecular weight is 257 g/mol. The fourth-order valence-electron chi connectivity index (χ4n) is 1.97. The average Bonchev–Trinajstić information content (AvgIpc) is 2.79. The Hall–Kier alpha value is -2.76. The number of H-pyrrole nitrogens is 1. The van der Waals surface area contributed by atoms with E-state index >= 15 is 0 Å². The number of halogens is 1. The Morgan fingerprint density at radius 3 is 2.68 bits per heavy atom. The first-order valence-electron chi connectivity index (χ1n) is 5.52. The summed E-state index contributed by atoms with van der Waals surface area (Å²) in [6.07, 6.45) is 3.55. The molecule has 0 radical (unpaired) electrons. The SMILES string of the molecule is O=Cc1c(-c2ccc(F)cc2)nn2cc[nH]c(=O)c12. The molecule has 0 aliphatic heterocycles. The number of rotatable bonds is 2. The first kappa shape index (κ1) is 11.3. The van der Waals surface area contributed by atoms with Gasteiger partial charge in [0.05, 0.1) is 5.56 Å². The van der Waals surface area contributed by atoms with Crippen LogP contribution in [0.4, 0.5) is 4.39 Å². The number of aromatic nitrogens is 3. The number of aromatic amines is 1. The Balaban J connectivity index is 2.35. The molecule has 0 atom stereocenters. The van der Waals surface area contributed by atoms with E-state index in [9.17, 15) is 14.0 Å². The second-order valence-corrected chi connectivity index (χ2v) is 3.97. The summed E-state index contributed by atoms with van der Waals surface area (Å²) in [6, 6.07) is 5.58. The zero-order chi connectivity index (χ0) is 13.4. The molecular weight excluding hydrogens is 249 g/mol. The summed E-state index contributed by atoms with van der Waals surface area (Å²) in [5, 5.41) is 4.19. The van der Waals surface area contributed by atoms with Crippen molar-refractivity contribution >= 4 is 11.8 Å². The van der Waals surface area contributed by atoms with Gasteiger partial charge in [0.2, 0.25) is 0 Å². The molecule has 2 aromatic heterocycles. The normalized spacial score (nSPS) is 10.8. The molecule has 0 fully saturated rings. The van der Waals surface area contributed by atoms with Crippen LogP contribution in [0.15, 0.2) is 41.5 Å². The molecule has 3 aromatic rings. The Bertz CT molecular complexity index is 818. The Morgan fingerprint density at radius 2 is 2.00 bits per heavy atom. The standard InChI is InChI=1S/C13H8FN3O2/c14-9-3-1-8(2-4-9)11-10(7-18)12-13(19)15-5-6-17(12)16-11/h1-7H,(H,15,19). The van der Waals surface area contributed by atoms with E-state index in [0.29, 0.717) is 17.5 Å². The molecule has 6 heteroatoms. The van der Waals surface area contributed by atoms with E-state index in [2.05, 4.69) is 10.1 Å². The zero-order valence-electron chi connectivity index (χ0n) is 9.63. The van der Waals surface area contributed by atoms with Crippen molar-refractivity contribution in [1.29, 1.82) is 0 Å². The van der Waals surface area contributed by atoms with Crippen LogP contribution in [0, 0.1) is 5.82 Å². The topological polar surface area (TPSA) is 67.2 Å². The molecule has 19 heavy (non-hydrogen) atoms. The third-order valence-electron chi connectivity index (χ3n) is 2.83.